The molecule has 1 aliphatic rings. The quantitative estimate of drug-likeness (QED) is 0.708. The Bertz CT molecular complexity index is 115. The zero-order valence-electron chi connectivity index (χ0n) is 8.01. The van der Waals surface area contributed by atoms with Crippen LogP contribution < -0.4 is 5.32 Å². The summed E-state index contributed by atoms with van der Waals surface area (Å²) < 4.78 is 5.43. The van der Waals surface area contributed by atoms with Gasteiger partial charge in [0.05, 0.1) is 6.10 Å². The third-order valence-corrected chi connectivity index (χ3v) is 3.24. The molecule has 3 heteroatoms. The maximum Gasteiger partial charge on any atom is 0.0671 e. The molecule has 0 aromatic carbocycles. The molecule has 72 valence electrons. The van der Waals surface area contributed by atoms with Crippen molar-refractivity contribution in [3.63, 3.8) is 0 Å². The van der Waals surface area contributed by atoms with Crippen LogP contribution in [0.4, 0.5) is 0 Å². The molecule has 0 aromatic heterocycles. The third kappa shape index (κ3) is 3.78. The van der Waals surface area contributed by atoms with Gasteiger partial charge >= 0.3 is 0 Å². The largest absolute Gasteiger partial charge is 0.377 e. The highest BCUT2D eigenvalue weighted by atomic mass is 32.2. The van der Waals surface area contributed by atoms with Crippen LogP contribution in [0, 0.1) is 0 Å². The van der Waals surface area contributed by atoms with Crippen LogP contribution >= 0.6 is 11.8 Å². The molecule has 12 heavy (non-hydrogen) atoms. The second-order valence-corrected chi connectivity index (χ2v) is 4.38. The van der Waals surface area contributed by atoms with E-state index in [1.807, 2.05) is 18.7 Å². The van der Waals surface area contributed by atoms with Crippen LogP contribution in [0.3, 0.4) is 0 Å². The summed E-state index contributed by atoms with van der Waals surface area (Å²) in [4.78, 5) is 0. The third-order valence-electron chi connectivity index (χ3n) is 2.07. The molecule has 1 aliphatic heterocycles. The summed E-state index contributed by atoms with van der Waals surface area (Å²) in [5.41, 5.74) is 0. The fourth-order valence-corrected chi connectivity index (χ4v) is 2.56. The standard InChI is InChI=1S/C9H19NOS/c1-3-11-8(2)6-10-9-4-5-12-7-9/h8-10H,3-7H2,1-2H3. The van der Waals surface area contributed by atoms with Crippen LogP contribution in [0.5, 0.6) is 0 Å². The zero-order valence-corrected chi connectivity index (χ0v) is 8.82. The number of hydrogen-bond acceptors (Lipinski definition) is 3. The maximum atomic E-state index is 5.43. The highest BCUT2D eigenvalue weighted by Gasteiger charge is 2.15. The summed E-state index contributed by atoms with van der Waals surface area (Å²) >= 11 is 2.04. The Morgan fingerprint density at radius 2 is 2.50 bits per heavy atom. The Hall–Kier alpha value is 0.270. The lowest BCUT2D eigenvalue weighted by atomic mass is 10.2. The number of nitrogens with one attached hydrogen (secondary N) is 1. The van der Waals surface area contributed by atoms with E-state index in [1.54, 1.807) is 0 Å². The lowest BCUT2D eigenvalue weighted by Gasteiger charge is -2.16. The molecular formula is C9H19NOS. The molecule has 1 fully saturated rings. The van der Waals surface area contributed by atoms with Crippen LogP contribution in [0.1, 0.15) is 20.3 Å². The highest BCUT2D eigenvalue weighted by Crippen LogP contribution is 2.16. The molecule has 0 aromatic rings. The van der Waals surface area contributed by atoms with E-state index in [9.17, 15) is 0 Å². The van der Waals surface area contributed by atoms with E-state index in [4.69, 9.17) is 4.74 Å². The molecule has 0 spiro atoms. The van der Waals surface area contributed by atoms with E-state index in [1.165, 1.54) is 17.9 Å². The van der Waals surface area contributed by atoms with Crippen LogP contribution in [0.25, 0.3) is 0 Å². The van der Waals surface area contributed by atoms with Gasteiger partial charge in [-0.3, -0.25) is 0 Å². The van der Waals surface area contributed by atoms with Crippen molar-refractivity contribution in [1.82, 2.24) is 5.32 Å². The second kappa shape index (κ2) is 5.84. The minimum atomic E-state index is 0.362. The van der Waals surface area contributed by atoms with Crippen molar-refractivity contribution in [2.75, 3.05) is 24.7 Å². The lowest BCUT2D eigenvalue weighted by Crippen LogP contribution is -2.35. The summed E-state index contributed by atoms with van der Waals surface area (Å²) in [7, 11) is 0. The molecule has 1 N–H and O–H groups in total. The van der Waals surface area contributed by atoms with Crippen LogP contribution in [0.2, 0.25) is 0 Å². The molecule has 1 saturated heterocycles. The van der Waals surface area contributed by atoms with Gasteiger partial charge in [-0.25, -0.2) is 0 Å². The van der Waals surface area contributed by atoms with Crippen molar-refractivity contribution in [1.29, 1.82) is 0 Å². The molecule has 0 aliphatic carbocycles. The van der Waals surface area contributed by atoms with Crippen molar-refractivity contribution >= 4 is 11.8 Å². The maximum absolute atomic E-state index is 5.43. The van der Waals surface area contributed by atoms with E-state index in [0.29, 0.717) is 6.10 Å². The number of ether oxygens (including phenoxy) is 1. The highest BCUT2D eigenvalue weighted by molar-refractivity contribution is 7.99. The summed E-state index contributed by atoms with van der Waals surface area (Å²) in [5.74, 6) is 2.60. The van der Waals surface area contributed by atoms with Gasteiger partial charge in [0.15, 0.2) is 0 Å². The molecule has 2 unspecified atom stereocenters. The predicted molar refractivity (Wildman–Crippen MR) is 54.8 cm³/mol. The van der Waals surface area contributed by atoms with E-state index >= 15 is 0 Å². The Kier molecular flexibility index (Phi) is 5.04. The monoisotopic (exact) mass is 189 g/mol. The van der Waals surface area contributed by atoms with Gasteiger partial charge in [0, 0.05) is 24.9 Å². The minimum absolute atomic E-state index is 0.362. The fraction of sp³-hybridized carbons (Fsp3) is 1.00. The second-order valence-electron chi connectivity index (χ2n) is 3.23. The molecule has 0 amide bonds. The van der Waals surface area contributed by atoms with Crippen molar-refractivity contribution < 1.29 is 4.74 Å². The van der Waals surface area contributed by atoms with Gasteiger partial charge in [-0.05, 0) is 26.0 Å². The summed E-state index contributed by atoms with van der Waals surface area (Å²) in [6.07, 6.45) is 1.68. The van der Waals surface area contributed by atoms with Crippen LogP contribution in [-0.2, 0) is 4.74 Å². The average Bonchev–Trinajstić information content (AvgIpc) is 2.53. The fourth-order valence-electron chi connectivity index (χ4n) is 1.37. The first-order valence-corrected chi connectivity index (χ1v) is 5.91. The van der Waals surface area contributed by atoms with Gasteiger partial charge in [-0.2, -0.15) is 11.8 Å². The van der Waals surface area contributed by atoms with Crippen LogP contribution in [0.15, 0.2) is 0 Å². The lowest BCUT2D eigenvalue weighted by molar-refractivity contribution is 0.0745. The molecule has 1 rings (SSSR count). The first-order valence-electron chi connectivity index (χ1n) is 4.75. The van der Waals surface area contributed by atoms with Gasteiger partial charge in [-0.15, -0.1) is 0 Å². The first kappa shape index (κ1) is 10.4. The smallest absolute Gasteiger partial charge is 0.0671 e. The Morgan fingerprint density at radius 1 is 1.67 bits per heavy atom. The van der Waals surface area contributed by atoms with Gasteiger partial charge in [0.1, 0.15) is 0 Å². The van der Waals surface area contributed by atoms with Gasteiger partial charge < -0.3 is 10.1 Å². The van der Waals surface area contributed by atoms with E-state index < -0.39 is 0 Å². The average molecular weight is 189 g/mol. The van der Waals surface area contributed by atoms with Crippen LogP contribution in [-0.4, -0.2) is 36.8 Å². The number of rotatable bonds is 5. The van der Waals surface area contributed by atoms with Crippen molar-refractivity contribution in [3.05, 3.63) is 0 Å². The molecule has 0 bridgehead atoms. The first-order chi connectivity index (χ1) is 5.83. The molecular weight excluding hydrogens is 170 g/mol. The molecule has 0 saturated carbocycles. The Morgan fingerprint density at radius 3 is 3.08 bits per heavy atom. The van der Waals surface area contributed by atoms with Crippen molar-refractivity contribution in [3.8, 4) is 0 Å². The van der Waals surface area contributed by atoms with E-state index in [0.717, 1.165) is 19.2 Å². The van der Waals surface area contributed by atoms with Crippen molar-refractivity contribution in [2.45, 2.75) is 32.4 Å². The van der Waals surface area contributed by atoms with Gasteiger partial charge in [0.2, 0.25) is 0 Å². The zero-order chi connectivity index (χ0) is 8.81. The predicted octanol–water partition coefficient (Wildman–Crippen LogP) is 1.51. The SMILES string of the molecule is CCOC(C)CNC1CCSC1. The van der Waals surface area contributed by atoms with E-state index in [2.05, 4.69) is 12.2 Å². The number of hydrogen-bond donors (Lipinski definition) is 1. The topological polar surface area (TPSA) is 21.3 Å². The van der Waals surface area contributed by atoms with Gasteiger partial charge in [-0.1, -0.05) is 0 Å². The minimum Gasteiger partial charge on any atom is -0.377 e. The molecule has 0 radical (unpaired) electrons. The van der Waals surface area contributed by atoms with Crippen molar-refractivity contribution in [2.24, 2.45) is 0 Å². The molecule has 2 nitrogen and oxygen atoms in total. The van der Waals surface area contributed by atoms with E-state index in [-0.39, 0.29) is 0 Å². The Balaban J connectivity index is 1.99. The Labute approximate surface area is 79.4 Å². The summed E-state index contributed by atoms with van der Waals surface area (Å²) in [6.45, 7) is 5.99. The summed E-state index contributed by atoms with van der Waals surface area (Å²) in [5, 5.41) is 3.52. The normalized spacial score (nSPS) is 26.0. The molecule has 1 heterocycles. The summed E-state index contributed by atoms with van der Waals surface area (Å²) in [6, 6.07) is 0.734. The van der Waals surface area contributed by atoms with Gasteiger partial charge in [0.25, 0.3) is 0 Å². The molecule has 2 atom stereocenters. The number of thioether (sulfide) groups is 1.